The van der Waals surface area contributed by atoms with Crippen LogP contribution in [-0.2, 0) is 23.2 Å². The van der Waals surface area contributed by atoms with Gasteiger partial charge >= 0.3 is 17.9 Å². The Balaban J connectivity index is 1.94. The second-order valence-corrected chi connectivity index (χ2v) is 14.8. The molecule has 0 aliphatic heterocycles. The van der Waals surface area contributed by atoms with Gasteiger partial charge in [0.1, 0.15) is 22.4 Å². The van der Waals surface area contributed by atoms with E-state index < -0.39 is 68.8 Å². The van der Waals surface area contributed by atoms with Crippen molar-refractivity contribution in [2.75, 3.05) is 0 Å². The van der Waals surface area contributed by atoms with E-state index in [9.17, 15) is 54.3 Å². The first-order chi connectivity index (χ1) is 24.9. The van der Waals surface area contributed by atoms with Crippen LogP contribution in [0.15, 0.2) is 91.0 Å². The van der Waals surface area contributed by atoms with Crippen LogP contribution < -0.4 is 0 Å². The third-order valence-corrected chi connectivity index (χ3v) is 8.70. The van der Waals surface area contributed by atoms with Gasteiger partial charge in [0.05, 0.1) is 16.7 Å². The number of Topliss-reactive ketones (excluding diaryl/α,β-unsaturated/α-hetero) is 3. The normalized spacial score (nSPS) is 12.2. The zero-order valence-corrected chi connectivity index (χ0v) is 30.7. The summed E-state index contributed by atoms with van der Waals surface area (Å²) in [5.74, 6) is -5.69. The summed E-state index contributed by atoms with van der Waals surface area (Å²) in [4.78, 5) is 76.5. The van der Waals surface area contributed by atoms with Gasteiger partial charge in [0.25, 0.3) is 0 Å². The molecule has 0 aliphatic carbocycles. The number of benzene rings is 4. The van der Waals surface area contributed by atoms with Crippen molar-refractivity contribution in [3.8, 4) is 0 Å². The molecule has 0 unspecified atom stereocenters. The van der Waals surface area contributed by atoms with Gasteiger partial charge in [-0.2, -0.15) is 0 Å². The Morgan fingerprint density at radius 3 is 1.06 bits per heavy atom. The molecular weight excluding hydrogens is 696 g/mol. The quantitative estimate of drug-likeness (QED) is 0.0758. The maximum atomic E-state index is 14.1. The number of hydrogen-bond donors (Lipinski definition) is 5. The van der Waals surface area contributed by atoms with E-state index in [1.165, 1.54) is 90.1 Å². The van der Waals surface area contributed by atoms with Crippen LogP contribution in [0.4, 0.5) is 0 Å². The average Bonchev–Trinajstić information content (AvgIpc) is 3.09. The molecule has 5 N–H and O–H groups in total. The molecule has 0 atom stereocenters. The number of carboxylic acid groups (broad SMARTS) is 2. The Morgan fingerprint density at radius 1 is 0.463 bits per heavy atom. The van der Waals surface area contributed by atoms with Crippen LogP contribution in [0.1, 0.15) is 120 Å². The minimum absolute atomic E-state index is 0.0940. The lowest BCUT2D eigenvalue weighted by Gasteiger charge is -2.35. The number of aromatic carboxylic acids is 2. The zero-order chi connectivity index (χ0) is 40.4. The van der Waals surface area contributed by atoms with Crippen molar-refractivity contribution >= 4 is 35.3 Å². The van der Waals surface area contributed by atoms with E-state index in [2.05, 4.69) is 0 Å². The fourth-order valence-electron chi connectivity index (χ4n) is 5.82. The molecule has 0 radical (unpaired) electrons. The molecule has 4 rings (SSSR count). The Bertz CT molecular complexity index is 1990. The standard InChI is InChI=1S/C42H42O12/c1-39(2,51)33(43)26-11-7-24(8-12-26)22-42(32-17-15-28(16-18-32)35(45)41(5,6)53,23-25-9-13-27(14-10-25)34(44)40(3,4)52)54-38(50)31-20-29(36(46)47)19-30(21-31)37(48)49/h7-21,51-53H,22-23H2,1-6H3,(H,46,47)(H,48,49). The Kier molecular flexibility index (Phi) is 11.6. The summed E-state index contributed by atoms with van der Waals surface area (Å²) < 4.78 is 6.35. The Hall–Kier alpha value is -5.82. The predicted octanol–water partition coefficient (Wildman–Crippen LogP) is 5.48. The number of aliphatic hydroxyl groups is 3. The number of esters is 1. The molecule has 0 heterocycles. The molecule has 54 heavy (non-hydrogen) atoms. The summed E-state index contributed by atoms with van der Waals surface area (Å²) in [7, 11) is 0. The van der Waals surface area contributed by atoms with Gasteiger partial charge in [-0.05, 0) is 76.4 Å². The van der Waals surface area contributed by atoms with Gasteiger partial charge in [-0.25, -0.2) is 14.4 Å². The fraction of sp³-hybridized carbons (Fsp3) is 0.286. The summed E-state index contributed by atoms with van der Waals surface area (Å²) in [5, 5.41) is 50.3. The van der Waals surface area contributed by atoms with E-state index in [4.69, 9.17) is 4.74 Å². The van der Waals surface area contributed by atoms with Crippen LogP contribution in [0, 0.1) is 0 Å². The van der Waals surface area contributed by atoms with Crippen molar-refractivity contribution in [3.05, 3.63) is 141 Å². The SMILES string of the molecule is CC(C)(O)C(=O)c1ccc(CC(Cc2ccc(C(=O)C(C)(C)O)cc2)(OC(=O)c2cc(C(=O)O)cc(C(=O)O)c2)c2ccc(C(=O)C(C)(C)O)cc2)cc1. The monoisotopic (exact) mass is 738 g/mol. The van der Waals surface area contributed by atoms with Gasteiger partial charge in [-0.1, -0.05) is 72.8 Å². The molecule has 0 bridgehead atoms. The molecular formula is C42H42O12. The van der Waals surface area contributed by atoms with E-state index in [0.717, 1.165) is 18.2 Å². The molecule has 0 saturated heterocycles. The molecule has 0 aromatic heterocycles. The van der Waals surface area contributed by atoms with Gasteiger partial charge in [0.15, 0.2) is 17.3 Å². The first-order valence-corrected chi connectivity index (χ1v) is 16.9. The summed E-state index contributed by atoms with van der Waals surface area (Å²) in [5.41, 5.74) is -6.04. The summed E-state index contributed by atoms with van der Waals surface area (Å²) in [6.45, 7) is 8.10. The van der Waals surface area contributed by atoms with Crippen LogP contribution in [0.3, 0.4) is 0 Å². The molecule has 0 fully saturated rings. The first-order valence-electron chi connectivity index (χ1n) is 16.9. The fourth-order valence-corrected chi connectivity index (χ4v) is 5.82. The molecule has 0 saturated carbocycles. The number of hydrogen-bond acceptors (Lipinski definition) is 10. The van der Waals surface area contributed by atoms with Crippen LogP contribution in [-0.4, -0.2) is 77.6 Å². The minimum Gasteiger partial charge on any atom is -0.478 e. The van der Waals surface area contributed by atoms with E-state index >= 15 is 0 Å². The number of carbonyl (C=O) groups excluding carboxylic acids is 4. The number of ketones is 3. The Labute approximate surface area is 311 Å². The molecule has 4 aromatic carbocycles. The van der Waals surface area contributed by atoms with Crippen molar-refractivity contribution < 1.29 is 59.0 Å². The number of ether oxygens (including phenoxy) is 1. The molecule has 4 aromatic rings. The van der Waals surface area contributed by atoms with Crippen molar-refractivity contribution in [2.45, 2.75) is 76.8 Å². The summed E-state index contributed by atoms with van der Waals surface area (Å²) in [6.07, 6.45) is -0.188. The maximum absolute atomic E-state index is 14.1. The average molecular weight is 739 g/mol. The molecule has 0 aliphatic rings. The summed E-state index contributed by atoms with van der Waals surface area (Å²) >= 11 is 0. The highest BCUT2D eigenvalue weighted by Crippen LogP contribution is 2.37. The third kappa shape index (κ3) is 9.58. The van der Waals surface area contributed by atoms with E-state index in [1.54, 1.807) is 24.3 Å². The highest BCUT2D eigenvalue weighted by atomic mass is 16.6. The highest BCUT2D eigenvalue weighted by molar-refractivity contribution is 6.03. The molecule has 12 heteroatoms. The maximum Gasteiger partial charge on any atom is 0.339 e. The highest BCUT2D eigenvalue weighted by Gasteiger charge is 2.39. The molecule has 0 spiro atoms. The number of carbonyl (C=O) groups is 6. The van der Waals surface area contributed by atoms with E-state index in [1.807, 2.05) is 0 Å². The smallest absolute Gasteiger partial charge is 0.339 e. The lowest BCUT2D eigenvalue weighted by Crippen LogP contribution is -2.38. The van der Waals surface area contributed by atoms with Crippen LogP contribution >= 0.6 is 0 Å². The van der Waals surface area contributed by atoms with Gasteiger partial charge in [-0.3, -0.25) is 14.4 Å². The van der Waals surface area contributed by atoms with Crippen molar-refractivity contribution in [1.82, 2.24) is 0 Å². The third-order valence-electron chi connectivity index (χ3n) is 8.70. The van der Waals surface area contributed by atoms with Crippen LogP contribution in [0.5, 0.6) is 0 Å². The second-order valence-electron chi connectivity index (χ2n) is 14.8. The van der Waals surface area contributed by atoms with Gasteiger partial charge < -0.3 is 30.3 Å². The van der Waals surface area contributed by atoms with Gasteiger partial charge in [-0.15, -0.1) is 0 Å². The second kappa shape index (κ2) is 15.3. The van der Waals surface area contributed by atoms with E-state index in [-0.39, 0.29) is 35.1 Å². The molecule has 12 nitrogen and oxygen atoms in total. The number of rotatable bonds is 15. The number of carboxylic acids is 2. The predicted molar refractivity (Wildman–Crippen MR) is 196 cm³/mol. The lowest BCUT2D eigenvalue weighted by atomic mass is 9.80. The van der Waals surface area contributed by atoms with Gasteiger partial charge in [0.2, 0.25) is 0 Å². The van der Waals surface area contributed by atoms with Crippen molar-refractivity contribution in [2.24, 2.45) is 0 Å². The zero-order valence-electron chi connectivity index (χ0n) is 30.7. The van der Waals surface area contributed by atoms with Gasteiger partial charge in [0, 0.05) is 29.5 Å². The van der Waals surface area contributed by atoms with E-state index in [0.29, 0.717) is 16.7 Å². The topological polar surface area (TPSA) is 213 Å². The largest absolute Gasteiger partial charge is 0.478 e. The summed E-state index contributed by atoms with van der Waals surface area (Å²) in [6, 6.07) is 21.2. The van der Waals surface area contributed by atoms with Crippen LogP contribution in [0.2, 0.25) is 0 Å². The van der Waals surface area contributed by atoms with Crippen molar-refractivity contribution in [1.29, 1.82) is 0 Å². The van der Waals surface area contributed by atoms with Crippen molar-refractivity contribution in [3.63, 3.8) is 0 Å². The van der Waals surface area contributed by atoms with Crippen LogP contribution in [0.25, 0.3) is 0 Å². The Morgan fingerprint density at radius 2 is 0.759 bits per heavy atom. The minimum atomic E-state index is -1.70. The first kappa shape index (κ1) is 40.9. The molecule has 282 valence electrons. The molecule has 0 amide bonds. The lowest BCUT2D eigenvalue weighted by molar-refractivity contribution is -0.0219.